The topological polar surface area (TPSA) is 63.1 Å². The van der Waals surface area contributed by atoms with Crippen molar-refractivity contribution < 1.29 is 8.42 Å². The third-order valence-electron chi connectivity index (χ3n) is 4.68. The Morgan fingerprint density at radius 2 is 2.05 bits per heavy atom. The molecule has 3 rings (SSSR count). The fourth-order valence-corrected chi connectivity index (χ4v) is 4.68. The molecule has 2 atom stereocenters. The van der Waals surface area contributed by atoms with E-state index in [1.165, 1.54) is 0 Å². The lowest BCUT2D eigenvalue weighted by atomic mass is 10.1. The maximum absolute atomic E-state index is 12.6. The molecule has 118 valence electrons. The van der Waals surface area contributed by atoms with Gasteiger partial charge in [0.05, 0.1) is 4.90 Å². The van der Waals surface area contributed by atoms with E-state index in [1.807, 2.05) is 19.3 Å². The van der Waals surface area contributed by atoms with Crippen LogP contribution >= 0.6 is 0 Å². The predicted octanol–water partition coefficient (Wildman–Crippen LogP) is 2.01. The number of nitrogens with zero attached hydrogens (tertiary/aromatic N) is 1. The summed E-state index contributed by atoms with van der Waals surface area (Å²) in [5.74, 6) is 0.432. The maximum atomic E-state index is 12.6. The van der Waals surface area contributed by atoms with Gasteiger partial charge in [0.1, 0.15) is 0 Å². The van der Waals surface area contributed by atoms with E-state index in [0.29, 0.717) is 23.4 Å². The van der Waals surface area contributed by atoms with Crippen molar-refractivity contribution in [3.8, 4) is 0 Å². The number of nitrogens with one attached hydrogen (secondary N) is 2. The maximum Gasteiger partial charge on any atom is 0.242 e. The van der Waals surface area contributed by atoms with Gasteiger partial charge >= 0.3 is 0 Å². The van der Waals surface area contributed by atoms with Crippen molar-refractivity contribution in [1.29, 1.82) is 0 Å². The Morgan fingerprint density at radius 1 is 1.29 bits per heavy atom. The quantitative estimate of drug-likeness (QED) is 0.845. The van der Waals surface area contributed by atoms with Gasteiger partial charge in [0.15, 0.2) is 0 Å². The smallest absolute Gasteiger partial charge is 0.242 e. The molecule has 1 heterocycles. The van der Waals surface area contributed by atoms with Gasteiger partial charge in [0.25, 0.3) is 0 Å². The van der Waals surface area contributed by atoms with Gasteiger partial charge in [-0.05, 0) is 44.7 Å². The van der Waals surface area contributed by atoms with Gasteiger partial charge in [-0.25, -0.2) is 13.1 Å². The molecule has 0 radical (unpaired) electrons. The summed E-state index contributed by atoms with van der Waals surface area (Å²) >= 11 is 0. The van der Waals surface area contributed by atoms with Crippen LogP contribution in [-0.2, 0) is 16.6 Å². The third kappa shape index (κ3) is 3.17. The molecule has 0 aromatic carbocycles. The SMILES string of the molecule is CNCc1cc(S(=O)(=O)NC2CCCC2C)cn1C1CC1. The highest BCUT2D eigenvalue weighted by Crippen LogP contribution is 2.37. The van der Waals surface area contributed by atoms with Crippen LogP contribution in [0.15, 0.2) is 17.2 Å². The molecule has 1 aromatic heterocycles. The van der Waals surface area contributed by atoms with Gasteiger partial charge in [-0.1, -0.05) is 13.3 Å². The molecule has 21 heavy (non-hydrogen) atoms. The van der Waals surface area contributed by atoms with Crippen LogP contribution < -0.4 is 10.0 Å². The van der Waals surface area contributed by atoms with Gasteiger partial charge in [0.2, 0.25) is 10.0 Å². The number of aromatic nitrogens is 1. The van der Waals surface area contributed by atoms with Crippen molar-refractivity contribution in [2.45, 2.75) is 62.6 Å². The average molecular weight is 311 g/mol. The zero-order valence-electron chi connectivity index (χ0n) is 12.8. The largest absolute Gasteiger partial charge is 0.346 e. The van der Waals surface area contributed by atoms with Gasteiger partial charge in [-0.3, -0.25) is 0 Å². The van der Waals surface area contributed by atoms with Crippen molar-refractivity contribution in [3.05, 3.63) is 18.0 Å². The molecule has 2 aliphatic carbocycles. The molecule has 2 saturated carbocycles. The Hall–Kier alpha value is -0.850. The van der Waals surface area contributed by atoms with E-state index in [2.05, 4.69) is 21.5 Å². The van der Waals surface area contributed by atoms with E-state index in [-0.39, 0.29) is 6.04 Å². The first-order valence-corrected chi connectivity index (χ1v) is 9.37. The van der Waals surface area contributed by atoms with Crippen LogP contribution in [0.25, 0.3) is 0 Å². The predicted molar refractivity (Wildman–Crippen MR) is 82.6 cm³/mol. The minimum absolute atomic E-state index is 0.0898. The van der Waals surface area contributed by atoms with Crippen LogP contribution in [-0.4, -0.2) is 26.1 Å². The van der Waals surface area contributed by atoms with Crippen LogP contribution in [0, 0.1) is 5.92 Å². The van der Waals surface area contributed by atoms with Crippen molar-refractivity contribution in [2.24, 2.45) is 5.92 Å². The second-order valence-electron chi connectivity index (χ2n) is 6.47. The Bertz CT molecular complexity index is 604. The normalized spacial score (nSPS) is 26.4. The van der Waals surface area contributed by atoms with Gasteiger partial charge in [0, 0.05) is 30.5 Å². The third-order valence-corrected chi connectivity index (χ3v) is 6.14. The molecule has 0 aliphatic heterocycles. The summed E-state index contributed by atoms with van der Waals surface area (Å²) in [7, 11) is -1.52. The Morgan fingerprint density at radius 3 is 2.62 bits per heavy atom. The second kappa shape index (κ2) is 5.74. The average Bonchev–Trinajstić information content (AvgIpc) is 3.07. The summed E-state index contributed by atoms with van der Waals surface area (Å²) in [5, 5.41) is 3.12. The van der Waals surface area contributed by atoms with Crippen LogP contribution in [0.5, 0.6) is 0 Å². The van der Waals surface area contributed by atoms with Crippen LogP contribution in [0.4, 0.5) is 0 Å². The zero-order chi connectivity index (χ0) is 15.0. The van der Waals surface area contributed by atoms with E-state index >= 15 is 0 Å². The summed E-state index contributed by atoms with van der Waals surface area (Å²) in [6.45, 7) is 2.83. The molecule has 2 aliphatic rings. The van der Waals surface area contributed by atoms with Crippen molar-refractivity contribution in [3.63, 3.8) is 0 Å². The molecule has 2 N–H and O–H groups in total. The standard InChI is InChI=1S/C15H25N3O2S/c1-11-4-3-5-15(11)17-21(19,20)14-8-13(9-16-2)18(10-14)12-6-7-12/h8,10-12,15-17H,3-7,9H2,1-2H3. The first kappa shape index (κ1) is 15.1. The summed E-state index contributed by atoms with van der Waals surface area (Å²) in [5.41, 5.74) is 1.06. The molecular weight excluding hydrogens is 286 g/mol. The lowest BCUT2D eigenvalue weighted by Crippen LogP contribution is -2.36. The van der Waals surface area contributed by atoms with Crippen molar-refractivity contribution in [2.75, 3.05) is 7.05 Å². The lowest BCUT2D eigenvalue weighted by molar-refractivity contribution is 0.476. The highest BCUT2D eigenvalue weighted by atomic mass is 32.2. The van der Waals surface area contributed by atoms with Gasteiger partial charge in [-0.15, -0.1) is 0 Å². The van der Waals surface area contributed by atoms with Crippen LogP contribution in [0.2, 0.25) is 0 Å². The Labute approximate surface area is 127 Å². The van der Waals surface area contributed by atoms with Crippen molar-refractivity contribution in [1.82, 2.24) is 14.6 Å². The molecule has 6 heteroatoms. The summed E-state index contributed by atoms with van der Waals surface area (Å²) < 4.78 is 30.2. The van der Waals surface area contributed by atoms with Gasteiger partial charge in [-0.2, -0.15) is 0 Å². The monoisotopic (exact) mass is 311 g/mol. The fraction of sp³-hybridized carbons (Fsp3) is 0.733. The minimum Gasteiger partial charge on any atom is -0.346 e. The van der Waals surface area contributed by atoms with E-state index < -0.39 is 10.0 Å². The van der Waals surface area contributed by atoms with E-state index in [4.69, 9.17) is 0 Å². The lowest BCUT2D eigenvalue weighted by Gasteiger charge is -2.16. The molecule has 2 unspecified atom stereocenters. The Balaban J connectivity index is 1.82. The zero-order valence-corrected chi connectivity index (χ0v) is 13.6. The molecule has 0 spiro atoms. The molecule has 1 aromatic rings. The summed E-state index contributed by atoms with van der Waals surface area (Å²) in [6, 6.07) is 2.39. The van der Waals surface area contributed by atoms with Crippen molar-refractivity contribution >= 4 is 10.0 Å². The number of rotatable bonds is 6. The molecular formula is C15H25N3O2S. The van der Waals surface area contributed by atoms with E-state index in [1.54, 1.807) is 0 Å². The highest BCUT2D eigenvalue weighted by molar-refractivity contribution is 7.89. The second-order valence-corrected chi connectivity index (χ2v) is 8.19. The molecule has 0 saturated heterocycles. The summed E-state index contributed by atoms with van der Waals surface area (Å²) in [6.07, 6.45) is 7.29. The number of hydrogen-bond donors (Lipinski definition) is 2. The van der Waals surface area contributed by atoms with E-state index in [0.717, 1.165) is 37.8 Å². The fourth-order valence-electron chi connectivity index (χ4n) is 3.25. The highest BCUT2D eigenvalue weighted by Gasteiger charge is 2.31. The minimum atomic E-state index is -3.40. The number of sulfonamides is 1. The first-order valence-electron chi connectivity index (χ1n) is 7.89. The molecule has 0 bridgehead atoms. The van der Waals surface area contributed by atoms with Crippen LogP contribution in [0.3, 0.4) is 0 Å². The molecule has 2 fully saturated rings. The Kier molecular flexibility index (Phi) is 4.12. The summed E-state index contributed by atoms with van der Waals surface area (Å²) in [4.78, 5) is 0.416. The molecule has 0 amide bonds. The molecule has 5 nitrogen and oxygen atoms in total. The first-order chi connectivity index (χ1) is 10.0. The van der Waals surface area contributed by atoms with Crippen LogP contribution in [0.1, 0.15) is 50.8 Å². The van der Waals surface area contributed by atoms with E-state index in [9.17, 15) is 8.42 Å². The number of hydrogen-bond acceptors (Lipinski definition) is 3. The van der Waals surface area contributed by atoms with Gasteiger partial charge < -0.3 is 9.88 Å².